The second-order valence-corrected chi connectivity index (χ2v) is 5.10. The van der Waals surface area contributed by atoms with Crippen molar-refractivity contribution >= 4 is 17.9 Å². The Morgan fingerprint density at radius 2 is 2.00 bits per heavy atom. The number of aromatic nitrogens is 1. The van der Waals surface area contributed by atoms with E-state index in [9.17, 15) is 9.59 Å². The molecule has 19 heavy (non-hydrogen) atoms. The molecule has 1 aromatic rings. The second kappa shape index (κ2) is 5.69. The second-order valence-electron chi connectivity index (χ2n) is 5.10. The van der Waals surface area contributed by atoms with Crippen molar-refractivity contribution in [3.8, 4) is 0 Å². The Morgan fingerprint density at radius 3 is 2.53 bits per heavy atom. The summed E-state index contributed by atoms with van der Waals surface area (Å²) in [7, 11) is 1.53. The molecule has 6 nitrogen and oxygen atoms in total. The molecule has 0 atom stereocenters. The van der Waals surface area contributed by atoms with Crippen LogP contribution in [0.5, 0.6) is 0 Å². The van der Waals surface area contributed by atoms with Crippen molar-refractivity contribution in [3.05, 3.63) is 23.9 Å². The molecule has 0 spiro atoms. The van der Waals surface area contributed by atoms with E-state index in [0.29, 0.717) is 11.5 Å². The van der Waals surface area contributed by atoms with Gasteiger partial charge in [0.05, 0.1) is 12.1 Å². The molecule has 1 N–H and O–H groups in total. The summed E-state index contributed by atoms with van der Waals surface area (Å²) in [5.41, 5.74) is -0.204. The number of aliphatic carboxylic acids is 1. The number of hydrogen-bond donors (Lipinski definition) is 1. The topological polar surface area (TPSA) is 79.7 Å². The van der Waals surface area contributed by atoms with Crippen molar-refractivity contribution in [2.24, 2.45) is 0 Å². The summed E-state index contributed by atoms with van der Waals surface area (Å²) in [5.74, 6) is -0.613. The lowest BCUT2D eigenvalue weighted by Gasteiger charge is -2.24. The average Bonchev–Trinajstić information content (AvgIpc) is 2.25. The Hall–Kier alpha value is -2.11. The van der Waals surface area contributed by atoms with Gasteiger partial charge in [0.1, 0.15) is 11.4 Å². The molecule has 1 heterocycles. The van der Waals surface area contributed by atoms with E-state index in [0.717, 1.165) is 0 Å². The molecule has 0 bridgehead atoms. The van der Waals surface area contributed by atoms with Crippen LogP contribution < -0.4 is 4.90 Å². The van der Waals surface area contributed by atoms with Crippen LogP contribution in [0.15, 0.2) is 18.2 Å². The van der Waals surface area contributed by atoms with E-state index in [1.807, 2.05) is 0 Å². The van der Waals surface area contributed by atoms with E-state index in [2.05, 4.69) is 4.98 Å². The van der Waals surface area contributed by atoms with E-state index in [4.69, 9.17) is 9.84 Å². The van der Waals surface area contributed by atoms with E-state index in [-0.39, 0.29) is 6.42 Å². The van der Waals surface area contributed by atoms with Gasteiger partial charge >= 0.3 is 12.1 Å². The van der Waals surface area contributed by atoms with Gasteiger partial charge in [0, 0.05) is 7.05 Å². The predicted molar refractivity (Wildman–Crippen MR) is 70.2 cm³/mol. The first-order valence-corrected chi connectivity index (χ1v) is 5.83. The first kappa shape index (κ1) is 14.9. The molecular formula is C13H18N2O4. The third-order valence-corrected chi connectivity index (χ3v) is 2.14. The molecule has 1 amide bonds. The van der Waals surface area contributed by atoms with Gasteiger partial charge in [-0.05, 0) is 32.9 Å². The number of carbonyl (C=O) groups excluding carboxylic acids is 1. The molecule has 0 aromatic carbocycles. The molecule has 0 unspecified atom stereocenters. The number of ether oxygens (including phenoxy) is 1. The molecule has 0 aliphatic carbocycles. The van der Waals surface area contributed by atoms with Crippen LogP contribution in [0, 0.1) is 0 Å². The minimum atomic E-state index is -0.968. The van der Waals surface area contributed by atoms with Crippen molar-refractivity contribution in [2.45, 2.75) is 32.8 Å². The summed E-state index contributed by atoms with van der Waals surface area (Å²) >= 11 is 0. The SMILES string of the molecule is CN(C(=O)OC(C)(C)C)c1cccc(CC(=O)O)n1. The Morgan fingerprint density at radius 1 is 1.37 bits per heavy atom. The lowest BCUT2D eigenvalue weighted by atomic mass is 10.2. The Balaban J connectivity index is 2.84. The summed E-state index contributed by atoms with van der Waals surface area (Å²) in [6.07, 6.45) is -0.719. The summed E-state index contributed by atoms with van der Waals surface area (Å²) < 4.78 is 5.21. The smallest absolute Gasteiger partial charge is 0.415 e. The van der Waals surface area contributed by atoms with Crippen molar-refractivity contribution < 1.29 is 19.4 Å². The fraction of sp³-hybridized carbons (Fsp3) is 0.462. The third-order valence-electron chi connectivity index (χ3n) is 2.14. The van der Waals surface area contributed by atoms with Crippen LogP contribution >= 0.6 is 0 Å². The number of hydrogen-bond acceptors (Lipinski definition) is 4. The zero-order valence-electron chi connectivity index (χ0n) is 11.5. The quantitative estimate of drug-likeness (QED) is 0.906. The van der Waals surface area contributed by atoms with Crippen LogP contribution in [0.1, 0.15) is 26.5 Å². The Bertz CT molecular complexity index is 480. The molecule has 104 valence electrons. The van der Waals surface area contributed by atoms with E-state index in [1.165, 1.54) is 11.9 Å². The maximum atomic E-state index is 11.8. The molecule has 0 saturated heterocycles. The van der Waals surface area contributed by atoms with Crippen LogP contribution in [-0.2, 0) is 16.0 Å². The molecule has 0 radical (unpaired) electrons. The summed E-state index contributed by atoms with van der Waals surface area (Å²) in [4.78, 5) is 27.8. The summed E-state index contributed by atoms with van der Waals surface area (Å²) in [6.45, 7) is 5.31. The van der Waals surface area contributed by atoms with Gasteiger partial charge in [0.15, 0.2) is 0 Å². The number of carboxylic acids is 1. The molecule has 0 saturated carbocycles. The monoisotopic (exact) mass is 266 g/mol. The first-order valence-electron chi connectivity index (χ1n) is 5.83. The molecule has 1 rings (SSSR count). The summed E-state index contributed by atoms with van der Waals surface area (Å²) in [6, 6.07) is 4.87. The van der Waals surface area contributed by atoms with Crippen molar-refractivity contribution in [1.29, 1.82) is 0 Å². The number of rotatable bonds is 3. The maximum absolute atomic E-state index is 11.8. The minimum absolute atomic E-state index is 0.185. The van der Waals surface area contributed by atoms with Gasteiger partial charge in [-0.15, -0.1) is 0 Å². The highest BCUT2D eigenvalue weighted by molar-refractivity contribution is 5.86. The maximum Gasteiger partial charge on any atom is 0.415 e. The highest BCUT2D eigenvalue weighted by Gasteiger charge is 2.21. The van der Waals surface area contributed by atoms with Crippen LogP contribution in [0.25, 0.3) is 0 Å². The number of carbonyl (C=O) groups is 2. The van der Waals surface area contributed by atoms with Crippen LogP contribution in [0.4, 0.5) is 10.6 Å². The molecule has 0 aliphatic rings. The fourth-order valence-electron chi connectivity index (χ4n) is 1.33. The Labute approximate surface area is 112 Å². The highest BCUT2D eigenvalue weighted by Crippen LogP contribution is 2.15. The van der Waals surface area contributed by atoms with Gasteiger partial charge in [0.25, 0.3) is 0 Å². The van der Waals surface area contributed by atoms with Crippen LogP contribution in [0.2, 0.25) is 0 Å². The normalized spacial score (nSPS) is 10.9. The molecule has 1 aromatic heterocycles. The van der Waals surface area contributed by atoms with E-state index >= 15 is 0 Å². The van der Waals surface area contributed by atoms with Gasteiger partial charge in [0.2, 0.25) is 0 Å². The van der Waals surface area contributed by atoms with Crippen molar-refractivity contribution in [1.82, 2.24) is 4.98 Å². The van der Waals surface area contributed by atoms with Crippen molar-refractivity contribution in [2.75, 3.05) is 11.9 Å². The largest absolute Gasteiger partial charge is 0.481 e. The zero-order valence-corrected chi connectivity index (χ0v) is 11.5. The fourth-order valence-corrected chi connectivity index (χ4v) is 1.33. The highest BCUT2D eigenvalue weighted by atomic mass is 16.6. The number of carboxylic acid groups (broad SMARTS) is 1. The molecular weight excluding hydrogens is 248 g/mol. The Kier molecular flexibility index (Phi) is 4.47. The van der Waals surface area contributed by atoms with Crippen LogP contribution in [0.3, 0.4) is 0 Å². The number of amides is 1. The van der Waals surface area contributed by atoms with Gasteiger partial charge in [-0.3, -0.25) is 9.69 Å². The number of anilines is 1. The third kappa shape index (κ3) is 4.95. The first-order chi connectivity index (χ1) is 8.69. The molecule has 6 heteroatoms. The zero-order chi connectivity index (χ0) is 14.6. The van der Waals surface area contributed by atoms with Gasteiger partial charge in [-0.25, -0.2) is 9.78 Å². The van der Waals surface area contributed by atoms with E-state index < -0.39 is 17.7 Å². The van der Waals surface area contributed by atoms with Gasteiger partial charge in [-0.1, -0.05) is 6.07 Å². The standard InChI is InChI=1S/C13H18N2O4/c1-13(2,3)19-12(18)15(4)10-7-5-6-9(14-10)8-11(16)17/h5-7H,8H2,1-4H3,(H,16,17). The van der Waals surface area contributed by atoms with Gasteiger partial charge < -0.3 is 9.84 Å². The van der Waals surface area contributed by atoms with Crippen molar-refractivity contribution in [3.63, 3.8) is 0 Å². The van der Waals surface area contributed by atoms with Crippen LogP contribution in [-0.4, -0.2) is 34.8 Å². The average molecular weight is 266 g/mol. The predicted octanol–water partition coefficient (Wildman–Crippen LogP) is 2.08. The summed E-state index contributed by atoms with van der Waals surface area (Å²) in [5, 5.41) is 8.71. The molecule has 0 fully saturated rings. The lowest BCUT2D eigenvalue weighted by Crippen LogP contribution is -2.34. The minimum Gasteiger partial charge on any atom is -0.481 e. The van der Waals surface area contributed by atoms with Gasteiger partial charge in [-0.2, -0.15) is 0 Å². The van der Waals surface area contributed by atoms with E-state index in [1.54, 1.807) is 39.0 Å². The number of nitrogens with zero attached hydrogens (tertiary/aromatic N) is 2. The number of pyridine rings is 1. The molecule has 0 aliphatic heterocycles. The lowest BCUT2D eigenvalue weighted by molar-refractivity contribution is -0.136.